The zero-order chi connectivity index (χ0) is 17.2. The second-order valence-corrected chi connectivity index (χ2v) is 10.0. The molecular formula is C20H26O3S. The molecule has 0 bridgehead atoms. The van der Waals surface area contributed by atoms with Crippen LogP contribution < -0.4 is 0 Å². The van der Waals surface area contributed by atoms with Crippen molar-refractivity contribution in [2.24, 2.45) is 11.8 Å². The monoisotopic (exact) mass is 346 g/mol. The van der Waals surface area contributed by atoms with Gasteiger partial charge in [-0.3, -0.25) is 0 Å². The highest BCUT2D eigenvalue weighted by molar-refractivity contribution is 7.92. The van der Waals surface area contributed by atoms with Crippen molar-refractivity contribution >= 4 is 9.84 Å². The van der Waals surface area contributed by atoms with Crippen LogP contribution in [0.15, 0.2) is 41.8 Å². The molecule has 4 rings (SSSR count). The van der Waals surface area contributed by atoms with Gasteiger partial charge in [0.25, 0.3) is 0 Å². The summed E-state index contributed by atoms with van der Waals surface area (Å²) in [5.41, 5.74) is 0.594. The molecule has 24 heavy (non-hydrogen) atoms. The number of benzene rings is 1. The van der Waals surface area contributed by atoms with Gasteiger partial charge in [0.05, 0.1) is 21.3 Å². The van der Waals surface area contributed by atoms with Crippen molar-refractivity contribution < 1.29 is 13.2 Å². The lowest BCUT2D eigenvalue weighted by Crippen LogP contribution is -2.24. The third kappa shape index (κ3) is 2.30. The van der Waals surface area contributed by atoms with Crippen LogP contribution in [0.2, 0.25) is 0 Å². The van der Waals surface area contributed by atoms with E-state index in [4.69, 9.17) is 4.74 Å². The Hall–Kier alpha value is -1.13. The predicted molar refractivity (Wildman–Crippen MR) is 94.6 cm³/mol. The van der Waals surface area contributed by atoms with Crippen LogP contribution in [0.1, 0.15) is 44.6 Å². The Labute approximate surface area is 145 Å². The molecule has 2 saturated carbocycles. The van der Waals surface area contributed by atoms with Crippen molar-refractivity contribution in [3.8, 4) is 0 Å². The third-order valence-electron chi connectivity index (χ3n) is 6.43. The van der Waals surface area contributed by atoms with Gasteiger partial charge in [0.2, 0.25) is 0 Å². The van der Waals surface area contributed by atoms with E-state index in [1.54, 1.807) is 12.1 Å². The van der Waals surface area contributed by atoms with Gasteiger partial charge >= 0.3 is 0 Å². The summed E-state index contributed by atoms with van der Waals surface area (Å²) in [4.78, 5) is 0.435. The molecule has 0 amide bonds. The summed E-state index contributed by atoms with van der Waals surface area (Å²) in [5, 5.41) is -0.364. The predicted octanol–water partition coefficient (Wildman–Crippen LogP) is 4.06. The standard InChI is InChI=1S/C20H26O3S/c1-4-15(5-2)17-12-19(17)10-11-20(23-19)13-18(20)24(21,22)16-8-6-14(3)7-9-16/h4,6-9,15,17-18H,1,5,10-13H2,2-3H3/t15?,17?,18-,19?,20?/m0/s1. The van der Waals surface area contributed by atoms with Crippen LogP contribution in [-0.4, -0.2) is 24.9 Å². The maximum absolute atomic E-state index is 12.9. The van der Waals surface area contributed by atoms with Crippen molar-refractivity contribution in [2.45, 2.75) is 67.3 Å². The minimum absolute atomic E-state index is 0.0631. The van der Waals surface area contributed by atoms with Crippen LogP contribution in [0.25, 0.3) is 0 Å². The molecule has 1 aromatic carbocycles. The Kier molecular flexibility index (Phi) is 3.53. The molecule has 1 aliphatic heterocycles. The molecule has 4 unspecified atom stereocenters. The largest absolute Gasteiger partial charge is 0.367 e. The van der Waals surface area contributed by atoms with Crippen molar-refractivity contribution in [3.63, 3.8) is 0 Å². The second kappa shape index (κ2) is 5.18. The van der Waals surface area contributed by atoms with Crippen molar-refractivity contribution in [3.05, 3.63) is 42.5 Å². The number of hydrogen-bond acceptors (Lipinski definition) is 3. The first-order valence-corrected chi connectivity index (χ1v) is 10.5. The van der Waals surface area contributed by atoms with Crippen molar-refractivity contribution in [1.82, 2.24) is 0 Å². The van der Waals surface area contributed by atoms with Gasteiger partial charge in [-0.25, -0.2) is 8.42 Å². The number of allylic oxidation sites excluding steroid dienone is 1. The smallest absolute Gasteiger partial charge is 0.184 e. The quantitative estimate of drug-likeness (QED) is 0.755. The Morgan fingerprint density at radius 2 is 1.92 bits per heavy atom. The highest BCUT2D eigenvalue weighted by Crippen LogP contribution is 2.68. The van der Waals surface area contributed by atoms with E-state index in [9.17, 15) is 8.42 Å². The molecule has 4 heteroatoms. The van der Waals surface area contributed by atoms with Crippen LogP contribution in [0.3, 0.4) is 0 Å². The first kappa shape index (κ1) is 16.3. The second-order valence-electron chi connectivity index (χ2n) is 7.90. The maximum atomic E-state index is 12.9. The van der Waals surface area contributed by atoms with Crippen LogP contribution >= 0.6 is 0 Å². The van der Waals surface area contributed by atoms with E-state index in [1.807, 2.05) is 25.1 Å². The maximum Gasteiger partial charge on any atom is 0.184 e. The summed E-state index contributed by atoms with van der Waals surface area (Å²) >= 11 is 0. The number of aryl methyl sites for hydroxylation is 1. The Balaban J connectivity index is 1.51. The molecule has 1 heterocycles. The summed E-state index contributed by atoms with van der Waals surface area (Å²) in [6, 6.07) is 7.19. The molecule has 130 valence electrons. The van der Waals surface area contributed by atoms with E-state index in [-0.39, 0.29) is 10.9 Å². The first-order chi connectivity index (χ1) is 11.4. The van der Waals surface area contributed by atoms with E-state index in [2.05, 4.69) is 13.5 Å². The fraction of sp³-hybridized carbons (Fsp3) is 0.600. The fourth-order valence-corrected chi connectivity index (χ4v) is 6.79. The summed E-state index contributed by atoms with van der Waals surface area (Å²) in [6.07, 6.45) is 6.73. The highest BCUT2D eigenvalue weighted by Gasteiger charge is 2.74. The molecule has 3 nitrogen and oxygen atoms in total. The molecule has 0 aromatic heterocycles. The lowest BCUT2D eigenvalue weighted by molar-refractivity contribution is -0.00152. The van der Waals surface area contributed by atoms with E-state index in [0.29, 0.717) is 23.2 Å². The van der Waals surface area contributed by atoms with E-state index >= 15 is 0 Å². The molecule has 5 atom stereocenters. The first-order valence-electron chi connectivity index (χ1n) is 9.00. The van der Waals surface area contributed by atoms with Gasteiger partial charge in [-0.05, 0) is 63.0 Å². The minimum atomic E-state index is -3.29. The third-order valence-corrected chi connectivity index (χ3v) is 8.71. The van der Waals surface area contributed by atoms with Crippen LogP contribution in [-0.2, 0) is 14.6 Å². The van der Waals surface area contributed by atoms with Crippen molar-refractivity contribution in [2.75, 3.05) is 0 Å². The van der Waals surface area contributed by atoms with Gasteiger partial charge < -0.3 is 4.74 Å². The molecular weight excluding hydrogens is 320 g/mol. The van der Waals surface area contributed by atoms with Gasteiger partial charge in [0, 0.05) is 0 Å². The summed E-state index contributed by atoms with van der Waals surface area (Å²) < 4.78 is 32.3. The van der Waals surface area contributed by atoms with E-state index in [1.165, 1.54) is 0 Å². The number of ether oxygens (including phenoxy) is 1. The van der Waals surface area contributed by atoms with Gasteiger partial charge in [-0.2, -0.15) is 0 Å². The fourth-order valence-electron chi connectivity index (χ4n) is 4.72. The summed E-state index contributed by atoms with van der Waals surface area (Å²) in [5.74, 6) is 1.02. The molecule has 2 aliphatic carbocycles. The Morgan fingerprint density at radius 1 is 1.25 bits per heavy atom. The van der Waals surface area contributed by atoms with Crippen LogP contribution in [0.5, 0.6) is 0 Å². The number of hydrogen-bond donors (Lipinski definition) is 0. The van der Waals surface area contributed by atoms with Gasteiger partial charge in [0.1, 0.15) is 0 Å². The number of sulfone groups is 1. The van der Waals surface area contributed by atoms with E-state index in [0.717, 1.165) is 31.2 Å². The zero-order valence-electron chi connectivity index (χ0n) is 14.5. The summed E-state index contributed by atoms with van der Waals surface area (Å²) in [6.45, 7) is 8.10. The molecule has 2 spiro atoms. The normalized spacial score (nSPS) is 38.4. The van der Waals surface area contributed by atoms with Gasteiger partial charge in [-0.1, -0.05) is 30.7 Å². The Bertz CT molecular complexity index is 767. The average molecular weight is 346 g/mol. The van der Waals surface area contributed by atoms with Crippen LogP contribution in [0.4, 0.5) is 0 Å². The average Bonchev–Trinajstić information content (AvgIpc) is 3.40. The molecule has 1 saturated heterocycles. The van der Waals surface area contributed by atoms with Gasteiger partial charge in [-0.15, -0.1) is 6.58 Å². The minimum Gasteiger partial charge on any atom is -0.367 e. The molecule has 0 N–H and O–H groups in total. The lowest BCUT2D eigenvalue weighted by Gasteiger charge is -2.17. The molecule has 1 aromatic rings. The SMILES string of the molecule is C=CC(CC)C1CC12CCC1(C[C@@H]1S(=O)(=O)c1ccc(C)cc1)O2. The van der Waals surface area contributed by atoms with Crippen molar-refractivity contribution in [1.29, 1.82) is 0 Å². The van der Waals surface area contributed by atoms with Gasteiger partial charge in [0.15, 0.2) is 9.84 Å². The highest BCUT2D eigenvalue weighted by atomic mass is 32.2. The number of rotatable bonds is 5. The zero-order valence-corrected chi connectivity index (χ0v) is 15.3. The molecule has 0 radical (unpaired) electrons. The topological polar surface area (TPSA) is 43.4 Å². The lowest BCUT2D eigenvalue weighted by atomic mass is 9.97. The molecule has 3 aliphatic rings. The Morgan fingerprint density at radius 3 is 2.54 bits per heavy atom. The van der Waals surface area contributed by atoms with E-state index < -0.39 is 15.4 Å². The molecule has 3 fully saturated rings. The van der Waals surface area contributed by atoms with Crippen LogP contribution in [0, 0.1) is 18.8 Å². The summed E-state index contributed by atoms with van der Waals surface area (Å²) in [7, 11) is -3.29.